The van der Waals surface area contributed by atoms with Crippen LogP contribution in [0.2, 0.25) is 0 Å². The summed E-state index contributed by atoms with van der Waals surface area (Å²) >= 11 is 3.44. The smallest absolute Gasteiger partial charge is 0.253 e. The largest absolute Gasteiger partial charge is 0.496 e. The van der Waals surface area contributed by atoms with Gasteiger partial charge in [0, 0.05) is 37.4 Å². The second-order valence-corrected chi connectivity index (χ2v) is 8.44. The van der Waals surface area contributed by atoms with E-state index in [-0.39, 0.29) is 11.8 Å². The summed E-state index contributed by atoms with van der Waals surface area (Å²) in [5.74, 6) is 0.676. The Morgan fingerprint density at radius 2 is 1.80 bits per heavy atom. The third kappa shape index (κ3) is 5.40. The van der Waals surface area contributed by atoms with Crippen molar-refractivity contribution in [3.8, 4) is 5.75 Å². The average Bonchev–Trinajstić information content (AvgIpc) is 2.96. The van der Waals surface area contributed by atoms with Gasteiger partial charge in [-0.1, -0.05) is 18.2 Å². The summed E-state index contributed by atoms with van der Waals surface area (Å²) in [4.78, 5) is 29.5. The number of methoxy groups -OCH3 is 1. The SMILES string of the molecule is COc1ccc(C(=O)N2CCCN(CC(=O)Nc3c(C)cccc3C)CC2)cc1Br. The van der Waals surface area contributed by atoms with Crippen LogP contribution in [0.5, 0.6) is 5.75 Å². The number of amides is 2. The number of hydrogen-bond acceptors (Lipinski definition) is 4. The van der Waals surface area contributed by atoms with Crippen LogP contribution in [-0.4, -0.2) is 61.4 Å². The predicted molar refractivity (Wildman–Crippen MR) is 122 cm³/mol. The van der Waals surface area contributed by atoms with Gasteiger partial charge in [-0.05, 0) is 65.5 Å². The van der Waals surface area contributed by atoms with Crippen LogP contribution in [0.25, 0.3) is 0 Å². The molecule has 1 saturated heterocycles. The quantitative estimate of drug-likeness (QED) is 0.715. The van der Waals surface area contributed by atoms with E-state index in [0.717, 1.165) is 34.3 Å². The summed E-state index contributed by atoms with van der Waals surface area (Å²) in [5, 5.41) is 3.04. The molecular formula is C23H28BrN3O3. The summed E-state index contributed by atoms with van der Waals surface area (Å²) in [5.41, 5.74) is 3.63. The van der Waals surface area contributed by atoms with Gasteiger partial charge in [0.2, 0.25) is 5.91 Å². The third-order valence-electron chi connectivity index (χ3n) is 5.39. The number of carbonyl (C=O) groups is 2. The van der Waals surface area contributed by atoms with Gasteiger partial charge in [0.25, 0.3) is 5.91 Å². The normalized spacial score (nSPS) is 14.9. The van der Waals surface area contributed by atoms with Crippen molar-refractivity contribution in [1.29, 1.82) is 0 Å². The van der Waals surface area contributed by atoms with Crippen molar-refractivity contribution < 1.29 is 14.3 Å². The molecule has 1 aliphatic rings. The summed E-state index contributed by atoms with van der Waals surface area (Å²) < 4.78 is 6.00. The van der Waals surface area contributed by atoms with Crippen LogP contribution in [0.1, 0.15) is 27.9 Å². The van der Waals surface area contributed by atoms with Gasteiger partial charge in [-0.15, -0.1) is 0 Å². The number of benzene rings is 2. The van der Waals surface area contributed by atoms with E-state index in [1.165, 1.54) is 0 Å². The van der Waals surface area contributed by atoms with Gasteiger partial charge in [0.15, 0.2) is 0 Å². The number of nitrogens with one attached hydrogen (secondary N) is 1. The van der Waals surface area contributed by atoms with Crippen LogP contribution in [0.15, 0.2) is 40.9 Å². The Morgan fingerprint density at radius 1 is 1.07 bits per heavy atom. The maximum atomic E-state index is 12.9. The molecule has 1 fully saturated rings. The minimum atomic E-state index is -0.0220. The third-order valence-corrected chi connectivity index (χ3v) is 6.01. The lowest BCUT2D eigenvalue weighted by Crippen LogP contribution is -2.38. The lowest BCUT2D eigenvalue weighted by atomic mass is 10.1. The molecule has 1 aliphatic heterocycles. The fraction of sp³-hybridized carbons (Fsp3) is 0.391. The standard InChI is InChI=1S/C23H28BrN3O3/c1-16-6-4-7-17(2)22(16)25-21(28)15-26-10-5-11-27(13-12-26)23(29)18-8-9-20(30-3)19(24)14-18/h4,6-9,14H,5,10-13,15H2,1-3H3,(H,25,28). The maximum absolute atomic E-state index is 12.9. The number of para-hydroxylation sites is 1. The van der Waals surface area contributed by atoms with Crippen molar-refractivity contribution in [3.05, 3.63) is 57.6 Å². The molecule has 2 aromatic rings. The summed E-state index contributed by atoms with van der Waals surface area (Å²) in [6.07, 6.45) is 0.833. The Bertz CT molecular complexity index is 912. The Balaban J connectivity index is 1.57. The molecule has 0 unspecified atom stereocenters. The van der Waals surface area contributed by atoms with Crippen molar-refractivity contribution in [2.45, 2.75) is 20.3 Å². The monoisotopic (exact) mass is 473 g/mol. The zero-order valence-corrected chi connectivity index (χ0v) is 19.3. The molecule has 7 heteroatoms. The van der Waals surface area contributed by atoms with Gasteiger partial charge in [-0.2, -0.15) is 0 Å². The zero-order valence-electron chi connectivity index (χ0n) is 17.7. The molecule has 0 aromatic heterocycles. The van der Waals surface area contributed by atoms with Gasteiger partial charge in [0.05, 0.1) is 18.1 Å². The van der Waals surface area contributed by atoms with Crippen molar-refractivity contribution in [1.82, 2.24) is 9.80 Å². The first kappa shape index (κ1) is 22.3. The molecule has 0 aliphatic carbocycles. The number of rotatable bonds is 5. The highest BCUT2D eigenvalue weighted by Gasteiger charge is 2.22. The van der Waals surface area contributed by atoms with Crippen LogP contribution in [0, 0.1) is 13.8 Å². The van der Waals surface area contributed by atoms with Gasteiger partial charge in [0.1, 0.15) is 5.75 Å². The summed E-state index contributed by atoms with van der Waals surface area (Å²) in [7, 11) is 1.60. The minimum absolute atomic E-state index is 0.000176. The highest BCUT2D eigenvalue weighted by atomic mass is 79.9. The van der Waals surface area contributed by atoms with Crippen LogP contribution in [0.3, 0.4) is 0 Å². The van der Waals surface area contributed by atoms with Crippen molar-refractivity contribution in [2.24, 2.45) is 0 Å². The second-order valence-electron chi connectivity index (χ2n) is 7.59. The van der Waals surface area contributed by atoms with E-state index in [0.29, 0.717) is 37.5 Å². The molecular weight excluding hydrogens is 446 g/mol. The fourth-order valence-corrected chi connectivity index (χ4v) is 4.25. The Hall–Kier alpha value is -2.38. The van der Waals surface area contributed by atoms with Gasteiger partial charge in [-0.3, -0.25) is 14.5 Å². The number of hydrogen-bond donors (Lipinski definition) is 1. The van der Waals surface area contributed by atoms with Crippen LogP contribution < -0.4 is 10.1 Å². The topological polar surface area (TPSA) is 61.9 Å². The first-order valence-corrected chi connectivity index (χ1v) is 10.9. The van der Waals surface area contributed by atoms with Crippen molar-refractivity contribution in [2.75, 3.05) is 45.2 Å². The Kier molecular flexibility index (Phi) is 7.50. The van der Waals surface area contributed by atoms with E-state index < -0.39 is 0 Å². The molecule has 2 amide bonds. The van der Waals surface area contributed by atoms with Gasteiger partial charge in [-0.25, -0.2) is 0 Å². The lowest BCUT2D eigenvalue weighted by Gasteiger charge is -2.22. The number of carbonyl (C=O) groups excluding carboxylic acids is 2. The number of anilines is 1. The first-order chi connectivity index (χ1) is 14.4. The molecule has 0 saturated carbocycles. The average molecular weight is 474 g/mol. The van der Waals surface area contributed by atoms with Crippen LogP contribution in [-0.2, 0) is 4.79 Å². The summed E-state index contributed by atoms with van der Waals surface area (Å²) in [6.45, 7) is 7.05. The van der Waals surface area contributed by atoms with E-state index in [2.05, 4.69) is 26.1 Å². The molecule has 1 heterocycles. The zero-order chi connectivity index (χ0) is 21.7. The Labute approximate surface area is 186 Å². The Morgan fingerprint density at radius 3 is 2.47 bits per heavy atom. The number of ether oxygens (including phenoxy) is 1. The van der Waals surface area contributed by atoms with Crippen molar-refractivity contribution in [3.63, 3.8) is 0 Å². The highest BCUT2D eigenvalue weighted by Crippen LogP contribution is 2.26. The van der Waals surface area contributed by atoms with Gasteiger partial charge >= 0.3 is 0 Å². The fourth-order valence-electron chi connectivity index (χ4n) is 3.71. The van der Waals surface area contributed by atoms with Crippen LogP contribution >= 0.6 is 15.9 Å². The lowest BCUT2D eigenvalue weighted by molar-refractivity contribution is -0.117. The molecule has 3 rings (SSSR count). The molecule has 6 nitrogen and oxygen atoms in total. The molecule has 160 valence electrons. The van der Waals surface area contributed by atoms with E-state index in [1.54, 1.807) is 25.3 Å². The molecule has 2 aromatic carbocycles. The molecule has 0 radical (unpaired) electrons. The van der Waals surface area contributed by atoms with Gasteiger partial charge < -0.3 is 15.0 Å². The van der Waals surface area contributed by atoms with E-state index >= 15 is 0 Å². The molecule has 0 atom stereocenters. The van der Waals surface area contributed by atoms with E-state index in [4.69, 9.17) is 4.74 Å². The number of nitrogens with zero attached hydrogens (tertiary/aromatic N) is 2. The first-order valence-electron chi connectivity index (χ1n) is 10.1. The van der Waals surface area contributed by atoms with Crippen LogP contribution in [0.4, 0.5) is 5.69 Å². The highest BCUT2D eigenvalue weighted by molar-refractivity contribution is 9.10. The maximum Gasteiger partial charge on any atom is 0.253 e. The molecule has 0 spiro atoms. The molecule has 30 heavy (non-hydrogen) atoms. The predicted octanol–water partition coefficient (Wildman–Crippen LogP) is 3.86. The second kappa shape index (κ2) is 10.1. The van der Waals surface area contributed by atoms with Crippen molar-refractivity contribution >= 4 is 33.4 Å². The number of halogens is 1. The summed E-state index contributed by atoms with van der Waals surface area (Å²) in [6, 6.07) is 11.3. The molecule has 0 bridgehead atoms. The minimum Gasteiger partial charge on any atom is -0.496 e. The van der Waals surface area contributed by atoms with E-state index in [1.807, 2.05) is 36.9 Å². The molecule has 1 N–H and O–H groups in total. The van der Waals surface area contributed by atoms with E-state index in [9.17, 15) is 9.59 Å². The number of aryl methyl sites for hydroxylation is 2.